The molecule has 1 aliphatic heterocycles. The average Bonchev–Trinajstić information content (AvgIpc) is 2.92. The van der Waals surface area contributed by atoms with E-state index in [1.165, 1.54) is 0 Å². The molecule has 2 atom stereocenters. The average molecular weight is 280 g/mol. The fourth-order valence-electron chi connectivity index (χ4n) is 2.87. The Hall–Kier alpha value is -1.89. The predicted octanol–water partition coefficient (Wildman–Crippen LogP) is 0.0987. The van der Waals surface area contributed by atoms with Gasteiger partial charge in [0.15, 0.2) is 0 Å². The summed E-state index contributed by atoms with van der Waals surface area (Å²) in [6, 6.07) is -0.261. The molecular formula is C13H20N4O3. The number of likely N-dealkylation sites (tertiary alicyclic amines) is 1. The van der Waals surface area contributed by atoms with Crippen molar-refractivity contribution < 1.29 is 14.1 Å². The SMILES string of the molecule is Cc1noc(C)c1C(=O)N1[C@H](CN)CC[C@@H]1CC(N)=O. The normalized spacial score (nSPS) is 22.2. The monoisotopic (exact) mass is 280 g/mol. The Morgan fingerprint density at radius 1 is 1.35 bits per heavy atom. The van der Waals surface area contributed by atoms with Crippen molar-refractivity contribution in [1.29, 1.82) is 0 Å². The number of rotatable bonds is 4. The second-order valence-corrected chi connectivity index (χ2v) is 5.20. The molecule has 2 amide bonds. The van der Waals surface area contributed by atoms with Crippen molar-refractivity contribution in [3.8, 4) is 0 Å². The van der Waals surface area contributed by atoms with Gasteiger partial charge in [-0.1, -0.05) is 5.16 Å². The lowest BCUT2D eigenvalue weighted by Gasteiger charge is -2.29. The van der Waals surface area contributed by atoms with Crippen LogP contribution in [0.2, 0.25) is 0 Å². The minimum Gasteiger partial charge on any atom is -0.370 e. The second kappa shape index (κ2) is 5.62. The highest BCUT2D eigenvalue weighted by Crippen LogP contribution is 2.29. The fourth-order valence-corrected chi connectivity index (χ4v) is 2.87. The number of hydrogen-bond acceptors (Lipinski definition) is 5. The molecule has 0 radical (unpaired) electrons. The van der Waals surface area contributed by atoms with E-state index in [9.17, 15) is 9.59 Å². The van der Waals surface area contributed by atoms with Crippen molar-refractivity contribution in [3.05, 3.63) is 17.0 Å². The van der Waals surface area contributed by atoms with Gasteiger partial charge in [0.25, 0.3) is 5.91 Å². The third-order valence-electron chi connectivity index (χ3n) is 3.81. The van der Waals surface area contributed by atoms with Gasteiger partial charge < -0.3 is 20.9 Å². The first-order valence-corrected chi connectivity index (χ1v) is 6.69. The van der Waals surface area contributed by atoms with Crippen LogP contribution in [-0.2, 0) is 4.79 Å². The van der Waals surface area contributed by atoms with Crippen LogP contribution < -0.4 is 11.5 Å². The van der Waals surface area contributed by atoms with E-state index in [0.29, 0.717) is 23.6 Å². The minimum atomic E-state index is -0.413. The van der Waals surface area contributed by atoms with Gasteiger partial charge in [0.1, 0.15) is 11.3 Å². The molecule has 4 N–H and O–H groups in total. The Morgan fingerprint density at radius 2 is 2.00 bits per heavy atom. The highest BCUT2D eigenvalue weighted by atomic mass is 16.5. The maximum atomic E-state index is 12.7. The lowest BCUT2D eigenvalue weighted by atomic mass is 10.1. The van der Waals surface area contributed by atoms with Crippen LogP contribution in [0.5, 0.6) is 0 Å². The first kappa shape index (κ1) is 14.5. The maximum Gasteiger partial charge on any atom is 0.259 e. The van der Waals surface area contributed by atoms with Crippen molar-refractivity contribution in [2.45, 2.75) is 45.2 Å². The Morgan fingerprint density at radius 3 is 2.50 bits per heavy atom. The van der Waals surface area contributed by atoms with Gasteiger partial charge >= 0.3 is 0 Å². The van der Waals surface area contributed by atoms with E-state index >= 15 is 0 Å². The number of amides is 2. The summed E-state index contributed by atoms with van der Waals surface area (Å²) < 4.78 is 5.04. The third kappa shape index (κ3) is 2.53. The molecule has 1 aromatic heterocycles. The summed E-state index contributed by atoms with van der Waals surface area (Å²) in [6.45, 7) is 3.79. The summed E-state index contributed by atoms with van der Waals surface area (Å²) in [4.78, 5) is 25.6. The number of carbonyl (C=O) groups is 2. The largest absolute Gasteiger partial charge is 0.370 e. The molecule has 2 rings (SSSR count). The molecule has 0 aliphatic carbocycles. The predicted molar refractivity (Wildman–Crippen MR) is 71.8 cm³/mol. The van der Waals surface area contributed by atoms with Crippen molar-refractivity contribution >= 4 is 11.8 Å². The number of aromatic nitrogens is 1. The molecule has 0 spiro atoms. The quantitative estimate of drug-likeness (QED) is 0.811. The molecule has 7 nitrogen and oxygen atoms in total. The number of nitrogens with two attached hydrogens (primary N) is 2. The van der Waals surface area contributed by atoms with E-state index in [1.54, 1.807) is 18.7 Å². The maximum absolute atomic E-state index is 12.7. The number of primary amides is 1. The van der Waals surface area contributed by atoms with Crippen LogP contribution in [0, 0.1) is 13.8 Å². The van der Waals surface area contributed by atoms with Gasteiger partial charge in [-0.25, -0.2) is 0 Å². The summed E-state index contributed by atoms with van der Waals surface area (Å²) in [6.07, 6.45) is 1.68. The van der Waals surface area contributed by atoms with Gasteiger partial charge in [0.05, 0.1) is 5.69 Å². The lowest BCUT2D eigenvalue weighted by molar-refractivity contribution is -0.118. The first-order valence-electron chi connectivity index (χ1n) is 6.69. The Labute approximate surface area is 117 Å². The first-order chi connectivity index (χ1) is 9.45. The molecule has 1 saturated heterocycles. The van der Waals surface area contributed by atoms with E-state index in [4.69, 9.17) is 16.0 Å². The molecule has 110 valence electrons. The van der Waals surface area contributed by atoms with Crippen LogP contribution in [0.15, 0.2) is 4.52 Å². The standard InChI is InChI=1S/C13H20N4O3/c1-7-12(8(2)20-16-7)13(19)17-9(5-11(15)18)3-4-10(17)6-14/h9-10H,3-6,14H2,1-2H3,(H2,15,18)/t9-,10+/m1/s1. The van der Waals surface area contributed by atoms with Crippen molar-refractivity contribution in [2.75, 3.05) is 6.54 Å². The van der Waals surface area contributed by atoms with Crippen molar-refractivity contribution in [3.63, 3.8) is 0 Å². The van der Waals surface area contributed by atoms with Gasteiger partial charge in [-0.05, 0) is 26.7 Å². The Balaban J connectivity index is 2.30. The van der Waals surface area contributed by atoms with E-state index in [0.717, 1.165) is 12.8 Å². The van der Waals surface area contributed by atoms with Crippen LogP contribution in [-0.4, -0.2) is 40.5 Å². The van der Waals surface area contributed by atoms with Gasteiger partial charge in [-0.3, -0.25) is 9.59 Å². The minimum absolute atomic E-state index is 0.0689. The van der Waals surface area contributed by atoms with Crippen LogP contribution in [0.25, 0.3) is 0 Å². The molecule has 2 heterocycles. The molecule has 0 aromatic carbocycles. The van der Waals surface area contributed by atoms with Crippen LogP contribution in [0.3, 0.4) is 0 Å². The zero-order valence-corrected chi connectivity index (χ0v) is 11.8. The van der Waals surface area contributed by atoms with E-state index in [1.807, 2.05) is 0 Å². The molecule has 1 fully saturated rings. The molecule has 0 saturated carbocycles. The van der Waals surface area contributed by atoms with Crippen molar-refractivity contribution in [1.82, 2.24) is 10.1 Å². The number of nitrogens with zero attached hydrogens (tertiary/aromatic N) is 2. The van der Waals surface area contributed by atoms with E-state index in [2.05, 4.69) is 5.16 Å². The van der Waals surface area contributed by atoms with Gasteiger partial charge in [0, 0.05) is 25.0 Å². The van der Waals surface area contributed by atoms with Crippen LogP contribution in [0.1, 0.15) is 41.1 Å². The molecule has 1 aromatic rings. The highest BCUT2D eigenvalue weighted by Gasteiger charge is 2.38. The zero-order chi connectivity index (χ0) is 14.9. The third-order valence-corrected chi connectivity index (χ3v) is 3.81. The van der Waals surface area contributed by atoms with E-state index < -0.39 is 5.91 Å². The summed E-state index contributed by atoms with van der Waals surface area (Å²) in [7, 11) is 0. The van der Waals surface area contributed by atoms with Crippen LogP contribution in [0.4, 0.5) is 0 Å². The number of aryl methyl sites for hydroxylation is 2. The second-order valence-electron chi connectivity index (χ2n) is 5.20. The molecule has 1 aliphatic rings. The molecule has 0 unspecified atom stereocenters. The molecule has 20 heavy (non-hydrogen) atoms. The summed E-state index contributed by atoms with van der Waals surface area (Å²) in [5.41, 5.74) is 12.0. The smallest absolute Gasteiger partial charge is 0.259 e. The van der Waals surface area contributed by atoms with E-state index in [-0.39, 0.29) is 24.4 Å². The molecule has 0 bridgehead atoms. The highest BCUT2D eigenvalue weighted by molar-refractivity contribution is 5.97. The van der Waals surface area contributed by atoms with Gasteiger partial charge in [-0.15, -0.1) is 0 Å². The molecular weight excluding hydrogens is 260 g/mol. The summed E-state index contributed by atoms with van der Waals surface area (Å²) in [5, 5.41) is 3.80. The summed E-state index contributed by atoms with van der Waals surface area (Å²) in [5.74, 6) is -0.113. The Kier molecular flexibility index (Phi) is 4.08. The summed E-state index contributed by atoms with van der Waals surface area (Å²) >= 11 is 0. The Bertz CT molecular complexity index is 506. The van der Waals surface area contributed by atoms with Gasteiger partial charge in [-0.2, -0.15) is 0 Å². The molecule has 7 heteroatoms. The van der Waals surface area contributed by atoms with Gasteiger partial charge in [0.2, 0.25) is 5.91 Å². The lowest BCUT2D eigenvalue weighted by Crippen LogP contribution is -2.46. The number of carbonyl (C=O) groups excluding carboxylic acids is 2. The zero-order valence-electron chi connectivity index (χ0n) is 11.8. The van der Waals surface area contributed by atoms with Crippen LogP contribution >= 0.6 is 0 Å². The van der Waals surface area contributed by atoms with Crippen molar-refractivity contribution in [2.24, 2.45) is 11.5 Å². The number of hydrogen-bond donors (Lipinski definition) is 2. The topological polar surface area (TPSA) is 115 Å². The fraction of sp³-hybridized carbons (Fsp3) is 0.615.